The Morgan fingerprint density at radius 3 is 2.57 bits per heavy atom. The first-order chi connectivity index (χ1) is 9.95. The van der Waals surface area contributed by atoms with E-state index in [9.17, 15) is 9.59 Å². The molecule has 1 aromatic heterocycles. The van der Waals surface area contributed by atoms with Gasteiger partial charge in [0.05, 0.1) is 11.4 Å². The van der Waals surface area contributed by atoms with Crippen LogP contribution in [0.2, 0.25) is 0 Å². The highest BCUT2D eigenvalue weighted by atomic mass is 79.9. The molecular formula is C15H15BrN2O2S. The predicted molar refractivity (Wildman–Crippen MR) is 88.9 cm³/mol. The van der Waals surface area contributed by atoms with Crippen LogP contribution in [0.3, 0.4) is 0 Å². The van der Waals surface area contributed by atoms with Crippen molar-refractivity contribution in [2.24, 2.45) is 0 Å². The third kappa shape index (κ3) is 4.41. The van der Waals surface area contributed by atoms with E-state index in [0.29, 0.717) is 10.6 Å². The van der Waals surface area contributed by atoms with Crippen LogP contribution in [-0.4, -0.2) is 18.4 Å². The van der Waals surface area contributed by atoms with Crippen molar-refractivity contribution in [3.8, 4) is 0 Å². The summed E-state index contributed by atoms with van der Waals surface area (Å²) in [6, 6.07) is 9.18. The lowest BCUT2D eigenvalue weighted by molar-refractivity contribution is -0.115. The molecule has 0 saturated carbocycles. The van der Waals surface area contributed by atoms with Crippen LogP contribution < -0.4 is 10.6 Å². The van der Waals surface area contributed by atoms with Gasteiger partial charge in [0.15, 0.2) is 0 Å². The topological polar surface area (TPSA) is 58.2 Å². The van der Waals surface area contributed by atoms with E-state index in [1.54, 1.807) is 12.1 Å². The lowest BCUT2D eigenvalue weighted by atomic mass is 10.2. The van der Waals surface area contributed by atoms with E-state index in [-0.39, 0.29) is 18.4 Å². The standard InChI is InChI=1S/C15H15BrN2O2S/c1-9-7-11(4-5-12(9)16)18-14(19)8-17-15(20)13-6-3-10(2)21-13/h3-7H,8H2,1-2H3,(H,17,20)(H,18,19). The molecule has 2 N–H and O–H groups in total. The molecule has 0 bridgehead atoms. The van der Waals surface area contributed by atoms with E-state index in [0.717, 1.165) is 14.9 Å². The van der Waals surface area contributed by atoms with Crippen LogP contribution in [-0.2, 0) is 4.79 Å². The summed E-state index contributed by atoms with van der Waals surface area (Å²) in [6.45, 7) is 3.83. The van der Waals surface area contributed by atoms with Gasteiger partial charge in [-0.1, -0.05) is 15.9 Å². The fraction of sp³-hybridized carbons (Fsp3) is 0.200. The van der Waals surface area contributed by atoms with E-state index in [1.165, 1.54) is 11.3 Å². The zero-order valence-electron chi connectivity index (χ0n) is 11.7. The van der Waals surface area contributed by atoms with Crippen LogP contribution in [0.25, 0.3) is 0 Å². The number of halogens is 1. The summed E-state index contributed by atoms with van der Waals surface area (Å²) in [5, 5.41) is 5.36. The molecule has 6 heteroatoms. The average Bonchev–Trinajstić information content (AvgIpc) is 2.87. The van der Waals surface area contributed by atoms with Gasteiger partial charge in [0.2, 0.25) is 5.91 Å². The van der Waals surface area contributed by atoms with Crippen LogP contribution in [0.5, 0.6) is 0 Å². The van der Waals surface area contributed by atoms with Gasteiger partial charge in [-0.25, -0.2) is 0 Å². The third-order valence-electron chi connectivity index (χ3n) is 2.82. The van der Waals surface area contributed by atoms with Crippen LogP contribution in [0.4, 0.5) is 5.69 Å². The lowest BCUT2D eigenvalue weighted by Gasteiger charge is -2.07. The first-order valence-corrected chi connectivity index (χ1v) is 7.97. The molecule has 110 valence electrons. The van der Waals surface area contributed by atoms with Crippen molar-refractivity contribution in [1.29, 1.82) is 0 Å². The Balaban J connectivity index is 1.87. The largest absolute Gasteiger partial charge is 0.342 e. The molecule has 0 radical (unpaired) electrons. The molecule has 4 nitrogen and oxygen atoms in total. The van der Waals surface area contributed by atoms with Crippen LogP contribution in [0.15, 0.2) is 34.8 Å². The van der Waals surface area contributed by atoms with Gasteiger partial charge >= 0.3 is 0 Å². The summed E-state index contributed by atoms with van der Waals surface area (Å²) in [7, 11) is 0. The zero-order chi connectivity index (χ0) is 15.4. The molecule has 0 atom stereocenters. The quantitative estimate of drug-likeness (QED) is 0.869. The molecule has 0 aliphatic heterocycles. The lowest BCUT2D eigenvalue weighted by Crippen LogP contribution is -2.32. The fourth-order valence-corrected chi connectivity index (χ4v) is 2.76. The molecule has 0 unspecified atom stereocenters. The summed E-state index contributed by atoms with van der Waals surface area (Å²) in [5.41, 5.74) is 1.74. The van der Waals surface area contributed by atoms with Gasteiger partial charge in [-0.3, -0.25) is 9.59 Å². The Morgan fingerprint density at radius 2 is 1.95 bits per heavy atom. The van der Waals surface area contributed by atoms with Crippen molar-refractivity contribution in [2.75, 3.05) is 11.9 Å². The third-order valence-corrected chi connectivity index (χ3v) is 4.70. The Labute approximate surface area is 135 Å². The average molecular weight is 367 g/mol. The maximum atomic E-state index is 11.8. The number of aryl methyl sites for hydroxylation is 2. The Morgan fingerprint density at radius 1 is 1.19 bits per heavy atom. The Kier molecular flexibility index (Phi) is 5.14. The van der Waals surface area contributed by atoms with Crippen molar-refractivity contribution in [1.82, 2.24) is 5.32 Å². The molecule has 21 heavy (non-hydrogen) atoms. The second kappa shape index (κ2) is 6.87. The van der Waals surface area contributed by atoms with E-state index in [1.807, 2.05) is 32.0 Å². The summed E-state index contributed by atoms with van der Waals surface area (Å²) in [5.74, 6) is -0.478. The maximum Gasteiger partial charge on any atom is 0.261 e. The molecule has 1 aromatic carbocycles. The SMILES string of the molecule is Cc1ccc(C(=O)NCC(=O)Nc2ccc(Br)c(C)c2)s1. The van der Waals surface area contributed by atoms with Gasteiger partial charge in [0, 0.05) is 15.0 Å². The number of thiophene rings is 1. The number of benzene rings is 1. The highest BCUT2D eigenvalue weighted by Gasteiger charge is 2.10. The second-order valence-electron chi connectivity index (χ2n) is 4.61. The van der Waals surface area contributed by atoms with Crippen molar-refractivity contribution in [3.05, 3.63) is 50.1 Å². The molecule has 0 aliphatic rings. The molecule has 0 saturated heterocycles. The van der Waals surface area contributed by atoms with Crippen molar-refractivity contribution >= 4 is 44.8 Å². The van der Waals surface area contributed by atoms with Crippen molar-refractivity contribution in [2.45, 2.75) is 13.8 Å². The molecule has 2 rings (SSSR count). The minimum Gasteiger partial charge on any atom is -0.342 e. The fourth-order valence-electron chi connectivity index (χ4n) is 1.73. The first kappa shape index (κ1) is 15.7. The molecular weight excluding hydrogens is 352 g/mol. The minimum atomic E-state index is -0.252. The molecule has 1 heterocycles. The van der Waals surface area contributed by atoms with Crippen molar-refractivity contribution in [3.63, 3.8) is 0 Å². The number of hydrogen-bond donors (Lipinski definition) is 2. The first-order valence-electron chi connectivity index (χ1n) is 6.36. The highest BCUT2D eigenvalue weighted by molar-refractivity contribution is 9.10. The van der Waals surface area contributed by atoms with Gasteiger partial charge in [0.25, 0.3) is 5.91 Å². The van der Waals surface area contributed by atoms with Gasteiger partial charge in [-0.15, -0.1) is 11.3 Å². The summed E-state index contributed by atoms with van der Waals surface area (Å²) in [4.78, 5) is 25.3. The van der Waals surface area contributed by atoms with Crippen molar-refractivity contribution < 1.29 is 9.59 Å². The minimum absolute atomic E-state index is 0.0507. The maximum absolute atomic E-state index is 11.8. The Bertz CT molecular complexity index is 682. The number of carbonyl (C=O) groups is 2. The summed E-state index contributed by atoms with van der Waals surface area (Å²) < 4.78 is 0.988. The molecule has 0 fully saturated rings. The molecule has 0 spiro atoms. The van der Waals surface area contributed by atoms with E-state index in [2.05, 4.69) is 26.6 Å². The van der Waals surface area contributed by atoms with Crippen LogP contribution >= 0.6 is 27.3 Å². The highest BCUT2D eigenvalue weighted by Crippen LogP contribution is 2.19. The smallest absolute Gasteiger partial charge is 0.261 e. The zero-order valence-corrected chi connectivity index (χ0v) is 14.1. The Hall–Kier alpha value is -1.66. The second-order valence-corrected chi connectivity index (χ2v) is 6.75. The monoisotopic (exact) mass is 366 g/mol. The summed E-state index contributed by atoms with van der Waals surface area (Å²) >= 11 is 4.81. The van der Waals surface area contributed by atoms with Gasteiger partial charge in [0.1, 0.15) is 0 Å². The number of hydrogen-bond acceptors (Lipinski definition) is 3. The number of carbonyl (C=O) groups excluding carboxylic acids is 2. The van der Waals surface area contributed by atoms with Gasteiger partial charge < -0.3 is 10.6 Å². The van der Waals surface area contributed by atoms with Gasteiger partial charge in [-0.05, 0) is 49.7 Å². The molecule has 0 aliphatic carbocycles. The number of nitrogens with one attached hydrogen (secondary N) is 2. The van der Waals surface area contributed by atoms with Gasteiger partial charge in [-0.2, -0.15) is 0 Å². The van der Waals surface area contributed by atoms with Crippen LogP contribution in [0.1, 0.15) is 20.1 Å². The normalized spacial score (nSPS) is 10.2. The molecule has 2 aromatic rings. The predicted octanol–water partition coefficient (Wildman–Crippen LogP) is 3.50. The molecule has 2 amide bonds. The number of rotatable bonds is 4. The van der Waals surface area contributed by atoms with Crippen LogP contribution in [0, 0.1) is 13.8 Å². The number of amides is 2. The van der Waals surface area contributed by atoms with E-state index >= 15 is 0 Å². The number of anilines is 1. The van der Waals surface area contributed by atoms with E-state index in [4.69, 9.17) is 0 Å². The summed E-state index contributed by atoms with van der Waals surface area (Å²) in [6.07, 6.45) is 0. The van der Waals surface area contributed by atoms with E-state index < -0.39 is 0 Å².